The molecule has 0 bridgehead atoms. The van der Waals surface area contributed by atoms with Gasteiger partial charge in [-0.15, -0.1) is 0 Å². The molecule has 0 aliphatic heterocycles. The van der Waals surface area contributed by atoms with E-state index in [9.17, 15) is 0 Å². The number of allylic oxidation sites excluding steroid dienone is 4. The topological polar surface area (TPSA) is 22.4 Å². The van der Waals surface area contributed by atoms with Gasteiger partial charge in [-0.1, -0.05) is 30.4 Å². The predicted octanol–water partition coefficient (Wildman–Crippen LogP) is 4.48. The van der Waals surface area contributed by atoms with E-state index in [2.05, 4.69) is 31.2 Å². The summed E-state index contributed by atoms with van der Waals surface area (Å²) in [6.45, 7) is 2.10. The maximum absolute atomic E-state index is 6.02. The zero-order chi connectivity index (χ0) is 12.5. The Hall–Kier alpha value is -1.96. The first kappa shape index (κ1) is 11.1. The summed E-state index contributed by atoms with van der Waals surface area (Å²) < 4.78 is 11.4. The Kier molecular flexibility index (Phi) is 2.71. The lowest BCUT2D eigenvalue weighted by atomic mass is 10.0. The lowest BCUT2D eigenvalue weighted by Gasteiger charge is -2.04. The van der Waals surface area contributed by atoms with Crippen LogP contribution in [0.4, 0.5) is 0 Å². The standard InChI is InChI=1S/C16H16O2/c1-11-13-9-6-10-14(17-2)16(13)18-15(11)12-7-4-3-5-8-12/h4,6-10H,3,5H2,1-2H3. The minimum absolute atomic E-state index is 0.794. The van der Waals surface area contributed by atoms with Crippen LogP contribution < -0.4 is 4.74 Å². The maximum Gasteiger partial charge on any atom is 0.176 e. The first-order chi connectivity index (χ1) is 8.81. The van der Waals surface area contributed by atoms with Gasteiger partial charge in [0.15, 0.2) is 11.3 Å². The molecule has 1 heterocycles. The highest BCUT2D eigenvalue weighted by Crippen LogP contribution is 2.36. The fourth-order valence-corrected chi connectivity index (χ4v) is 2.44. The molecule has 1 aliphatic rings. The largest absolute Gasteiger partial charge is 0.493 e. The molecular weight excluding hydrogens is 224 g/mol. The minimum atomic E-state index is 0.794. The van der Waals surface area contributed by atoms with Gasteiger partial charge in [0, 0.05) is 16.5 Å². The third-order valence-electron chi connectivity index (χ3n) is 3.40. The Labute approximate surface area is 107 Å². The highest BCUT2D eigenvalue weighted by Gasteiger charge is 2.16. The van der Waals surface area contributed by atoms with E-state index in [0.717, 1.165) is 35.3 Å². The number of hydrogen-bond acceptors (Lipinski definition) is 2. The van der Waals surface area contributed by atoms with Crippen LogP contribution in [0.1, 0.15) is 24.2 Å². The molecule has 1 aromatic carbocycles. The van der Waals surface area contributed by atoms with Crippen molar-refractivity contribution in [3.8, 4) is 5.75 Å². The monoisotopic (exact) mass is 240 g/mol. The van der Waals surface area contributed by atoms with Crippen molar-refractivity contribution in [3.63, 3.8) is 0 Å². The average molecular weight is 240 g/mol. The molecule has 2 nitrogen and oxygen atoms in total. The molecule has 2 aromatic rings. The Balaban J connectivity index is 2.22. The van der Waals surface area contributed by atoms with Gasteiger partial charge in [-0.3, -0.25) is 0 Å². The summed E-state index contributed by atoms with van der Waals surface area (Å²) in [5.41, 5.74) is 3.20. The van der Waals surface area contributed by atoms with Crippen molar-refractivity contribution in [1.82, 2.24) is 0 Å². The molecular formula is C16H16O2. The van der Waals surface area contributed by atoms with Crippen LogP contribution in [0.25, 0.3) is 16.5 Å². The van der Waals surface area contributed by atoms with E-state index in [1.165, 1.54) is 11.1 Å². The van der Waals surface area contributed by atoms with Gasteiger partial charge < -0.3 is 9.15 Å². The summed E-state index contributed by atoms with van der Waals surface area (Å²) in [5.74, 6) is 1.76. The molecule has 0 unspecified atom stereocenters. The van der Waals surface area contributed by atoms with Crippen LogP contribution in [-0.2, 0) is 0 Å². The van der Waals surface area contributed by atoms with Crippen LogP contribution in [0.3, 0.4) is 0 Å². The molecule has 92 valence electrons. The van der Waals surface area contributed by atoms with Gasteiger partial charge in [-0.25, -0.2) is 0 Å². The van der Waals surface area contributed by atoms with Crippen molar-refractivity contribution in [2.75, 3.05) is 7.11 Å². The SMILES string of the molecule is COc1cccc2c(C)c(C3=CCCC=C3)oc12. The number of fused-ring (bicyclic) bond motifs is 1. The van der Waals surface area contributed by atoms with Gasteiger partial charge in [-0.05, 0) is 25.8 Å². The number of hydrogen-bond donors (Lipinski definition) is 0. The quantitative estimate of drug-likeness (QED) is 0.772. The van der Waals surface area contributed by atoms with E-state index in [-0.39, 0.29) is 0 Å². The third kappa shape index (κ3) is 1.65. The molecule has 3 rings (SSSR count). The maximum atomic E-state index is 6.02. The fourth-order valence-electron chi connectivity index (χ4n) is 2.44. The molecule has 0 N–H and O–H groups in total. The summed E-state index contributed by atoms with van der Waals surface area (Å²) in [5, 5.41) is 1.13. The first-order valence-electron chi connectivity index (χ1n) is 6.24. The number of para-hydroxylation sites is 1. The second kappa shape index (κ2) is 4.37. The van der Waals surface area contributed by atoms with Crippen molar-refractivity contribution >= 4 is 16.5 Å². The number of ether oxygens (including phenoxy) is 1. The second-order valence-electron chi connectivity index (χ2n) is 4.53. The van der Waals surface area contributed by atoms with E-state index >= 15 is 0 Å². The van der Waals surface area contributed by atoms with E-state index < -0.39 is 0 Å². The van der Waals surface area contributed by atoms with Gasteiger partial charge in [-0.2, -0.15) is 0 Å². The van der Waals surface area contributed by atoms with Crippen LogP contribution >= 0.6 is 0 Å². The van der Waals surface area contributed by atoms with Crippen molar-refractivity contribution in [3.05, 3.63) is 47.8 Å². The highest BCUT2D eigenvalue weighted by atomic mass is 16.5. The Bertz CT molecular complexity index is 644. The van der Waals surface area contributed by atoms with Crippen LogP contribution in [-0.4, -0.2) is 7.11 Å². The van der Waals surface area contributed by atoms with E-state index in [1.807, 2.05) is 12.1 Å². The third-order valence-corrected chi connectivity index (χ3v) is 3.40. The summed E-state index contributed by atoms with van der Waals surface area (Å²) >= 11 is 0. The van der Waals surface area contributed by atoms with Crippen molar-refractivity contribution in [2.24, 2.45) is 0 Å². The normalized spacial score (nSPS) is 14.9. The number of methoxy groups -OCH3 is 1. The number of benzene rings is 1. The molecule has 0 atom stereocenters. The number of rotatable bonds is 2. The fraction of sp³-hybridized carbons (Fsp3) is 0.250. The molecule has 0 fully saturated rings. The lowest BCUT2D eigenvalue weighted by Crippen LogP contribution is -1.85. The zero-order valence-electron chi connectivity index (χ0n) is 10.7. The number of furan rings is 1. The van der Waals surface area contributed by atoms with E-state index in [1.54, 1.807) is 7.11 Å². The Morgan fingerprint density at radius 2 is 2.11 bits per heavy atom. The molecule has 2 heteroatoms. The molecule has 18 heavy (non-hydrogen) atoms. The Morgan fingerprint density at radius 1 is 1.22 bits per heavy atom. The summed E-state index contributed by atoms with van der Waals surface area (Å²) in [6.07, 6.45) is 8.77. The zero-order valence-corrected chi connectivity index (χ0v) is 10.7. The van der Waals surface area contributed by atoms with E-state index in [4.69, 9.17) is 9.15 Å². The molecule has 0 radical (unpaired) electrons. The van der Waals surface area contributed by atoms with Crippen molar-refractivity contribution < 1.29 is 9.15 Å². The lowest BCUT2D eigenvalue weighted by molar-refractivity contribution is 0.409. The van der Waals surface area contributed by atoms with Gasteiger partial charge in [0.2, 0.25) is 0 Å². The van der Waals surface area contributed by atoms with Crippen molar-refractivity contribution in [2.45, 2.75) is 19.8 Å². The summed E-state index contributed by atoms with van der Waals surface area (Å²) in [7, 11) is 1.67. The smallest absolute Gasteiger partial charge is 0.176 e. The first-order valence-corrected chi connectivity index (χ1v) is 6.24. The van der Waals surface area contributed by atoms with Crippen molar-refractivity contribution in [1.29, 1.82) is 0 Å². The molecule has 1 aromatic heterocycles. The molecule has 0 saturated carbocycles. The Morgan fingerprint density at radius 3 is 2.83 bits per heavy atom. The van der Waals surface area contributed by atoms with Gasteiger partial charge in [0.1, 0.15) is 5.76 Å². The van der Waals surface area contributed by atoms with Crippen LogP contribution in [0.5, 0.6) is 5.75 Å². The predicted molar refractivity (Wildman–Crippen MR) is 73.9 cm³/mol. The van der Waals surface area contributed by atoms with E-state index in [0.29, 0.717) is 0 Å². The van der Waals surface area contributed by atoms with Crippen LogP contribution in [0.15, 0.2) is 40.8 Å². The summed E-state index contributed by atoms with van der Waals surface area (Å²) in [4.78, 5) is 0. The van der Waals surface area contributed by atoms with Crippen LogP contribution in [0, 0.1) is 6.92 Å². The van der Waals surface area contributed by atoms with Gasteiger partial charge in [0.25, 0.3) is 0 Å². The molecule has 0 amide bonds. The van der Waals surface area contributed by atoms with Gasteiger partial charge >= 0.3 is 0 Å². The highest BCUT2D eigenvalue weighted by molar-refractivity contribution is 5.91. The van der Waals surface area contributed by atoms with Crippen LogP contribution in [0.2, 0.25) is 0 Å². The average Bonchev–Trinajstić information content (AvgIpc) is 2.77. The minimum Gasteiger partial charge on any atom is -0.493 e. The van der Waals surface area contributed by atoms with Gasteiger partial charge in [0.05, 0.1) is 7.11 Å². The molecule has 0 saturated heterocycles. The molecule has 0 spiro atoms. The second-order valence-corrected chi connectivity index (χ2v) is 4.53. The summed E-state index contributed by atoms with van der Waals surface area (Å²) in [6, 6.07) is 6.01. The molecule has 1 aliphatic carbocycles. The number of aryl methyl sites for hydroxylation is 1.